The van der Waals surface area contributed by atoms with Crippen LogP contribution < -0.4 is 9.47 Å². The Morgan fingerprint density at radius 2 is 1.77 bits per heavy atom. The highest BCUT2D eigenvalue weighted by atomic mass is 16.5. The van der Waals surface area contributed by atoms with Gasteiger partial charge in [-0.3, -0.25) is 0 Å². The molecule has 0 amide bonds. The molecule has 0 aliphatic carbocycles. The van der Waals surface area contributed by atoms with E-state index in [9.17, 15) is 0 Å². The van der Waals surface area contributed by atoms with Crippen molar-refractivity contribution in [2.45, 2.75) is 12.3 Å². The molecule has 0 bridgehead atoms. The lowest BCUT2D eigenvalue weighted by atomic mass is 9.94. The van der Waals surface area contributed by atoms with Crippen LogP contribution in [0, 0.1) is 0 Å². The van der Waals surface area contributed by atoms with Crippen molar-refractivity contribution < 1.29 is 15.0 Å². The molecule has 2 rings (SSSR count). The van der Waals surface area contributed by atoms with Crippen molar-refractivity contribution >= 4 is 6.08 Å². The van der Waals surface area contributed by atoms with Crippen LogP contribution in [-0.4, -0.2) is 14.2 Å². The molecular formula is C20H22O2. The molecule has 2 aromatic carbocycles. The summed E-state index contributed by atoms with van der Waals surface area (Å²) in [6.45, 7) is -0.449. The van der Waals surface area contributed by atoms with Gasteiger partial charge < -0.3 is 9.47 Å². The lowest BCUT2D eigenvalue weighted by Gasteiger charge is -2.14. The Kier molecular flexibility index (Phi) is 4.09. The lowest BCUT2D eigenvalue weighted by molar-refractivity contribution is 0.408. The largest absolute Gasteiger partial charge is 0.496 e. The minimum atomic E-state index is -1.84. The highest BCUT2D eigenvalue weighted by Gasteiger charge is 2.10. The number of allylic oxidation sites excluding steroid dienone is 2. The molecular weight excluding hydrogens is 272 g/mol. The monoisotopic (exact) mass is 298 g/mol. The molecule has 0 fully saturated rings. The maximum atomic E-state index is 8.54. The third kappa shape index (κ3) is 3.79. The van der Waals surface area contributed by atoms with E-state index in [1.807, 2.05) is 18.2 Å². The molecule has 2 nitrogen and oxygen atoms in total. The van der Waals surface area contributed by atoms with Gasteiger partial charge in [-0.05, 0) is 18.5 Å². The van der Waals surface area contributed by atoms with Crippen LogP contribution in [0.3, 0.4) is 0 Å². The van der Waals surface area contributed by atoms with Crippen LogP contribution in [0.4, 0.5) is 0 Å². The Morgan fingerprint density at radius 1 is 1.09 bits per heavy atom. The minimum Gasteiger partial charge on any atom is -0.496 e. The van der Waals surface area contributed by atoms with Gasteiger partial charge >= 0.3 is 0 Å². The van der Waals surface area contributed by atoms with E-state index in [1.165, 1.54) is 19.3 Å². The minimum absolute atomic E-state index is 0.449. The summed E-state index contributed by atoms with van der Waals surface area (Å²) in [5.74, 6) is 0.324. The molecule has 0 radical (unpaired) electrons. The number of methoxy groups -OCH3 is 2. The van der Waals surface area contributed by atoms with Crippen LogP contribution in [0.1, 0.15) is 28.9 Å². The summed E-state index contributed by atoms with van der Waals surface area (Å²) < 4.78 is 42.7. The normalized spacial score (nSPS) is 15.2. The highest BCUT2D eigenvalue weighted by Crippen LogP contribution is 2.30. The fraction of sp³-hybridized carbons (Fsp3) is 0.200. The molecule has 0 aromatic heterocycles. The fourth-order valence-electron chi connectivity index (χ4n) is 2.20. The summed E-state index contributed by atoms with van der Waals surface area (Å²) in [5.41, 5.74) is 1.33. The van der Waals surface area contributed by atoms with E-state index >= 15 is 0 Å². The van der Waals surface area contributed by atoms with Gasteiger partial charge in [-0.25, -0.2) is 0 Å². The van der Waals surface area contributed by atoms with Crippen molar-refractivity contribution in [1.82, 2.24) is 0 Å². The molecule has 2 heteroatoms. The molecule has 0 aliphatic rings. The number of para-hydroxylation sites is 2. The summed E-state index contributed by atoms with van der Waals surface area (Å²) in [7, 11) is 3.08. The summed E-state index contributed by atoms with van der Waals surface area (Å²) in [5, 5.41) is 0. The summed E-state index contributed by atoms with van der Waals surface area (Å²) in [6, 6.07) is 14.4. The van der Waals surface area contributed by atoms with E-state index in [4.69, 9.17) is 15.0 Å². The quantitative estimate of drug-likeness (QED) is 0.664. The number of benzene rings is 2. The Morgan fingerprint density at radius 3 is 2.50 bits per heavy atom. The van der Waals surface area contributed by atoms with Crippen molar-refractivity contribution in [3.05, 3.63) is 78.3 Å². The first-order valence-corrected chi connectivity index (χ1v) is 6.99. The Balaban J connectivity index is 2.46. The third-order valence-electron chi connectivity index (χ3n) is 3.32. The number of hydrogen-bond donors (Lipinski definition) is 0. The summed E-state index contributed by atoms with van der Waals surface area (Å²) in [4.78, 5) is 0. The third-order valence-corrected chi connectivity index (χ3v) is 3.32. The van der Waals surface area contributed by atoms with Gasteiger partial charge in [-0.1, -0.05) is 54.6 Å². The van der Waals surface area contributed by atoms with Crippen LogP contribution >= 0.6 is 0 Å². The van der Waals surface area contributed by atoms with Gasteiger partial charge in [0.15, 0.2) is 0 Å². The van der Waals surface area contributed by atoms with Crippen LogP contribution in [0.2, 0.25) is 0 Å². The van der Waals surface area contributed by atoms with Crippen LogP contribution in [0.25, 0.3) is 6.08 Å². The maximum absolute atomic E-state index is 8.54. The van der Waals surface area contributed by atoms with E-state index < -0.39 is 18.8 Å². The van der Waals surface area contributed by atoms with Crippen molar-refractivity contribution in [1.29, 1.82) is 0 Å². The Labute approximate surface area is 138 Å². The predicted octanol–water partition coefficient (Wildman–Crippen LogP) is 5.08. The topological polar surface area (TPSA) is 18.5 Å². The molecule has 0 heterocycles. The second-order valence-corrected chi connectivity index (χ2v) is 4.63. The molecule has 114 valence electrons. The highest BCUT2D eigenvalue weighted by molar-refractivity contribution is 5.57. The van der Waals surface area contributed by atoms with Crippen LogP contribution in [0.5, 0.6) is 11.5 Å². The molecule has 0 aliphatic heterocycles. The second kappa shape index (κ2) is 8.08. The number of ether oxygens (including phenoxy) is 2. The molecule has 1 atom stereocenters. The zero-order valence-corrected chi connectivity index (χ0v) is 12.7. The van der Waals surface area contributed by atoms with Gasteiger partial charge in [0.2, 0.25) is 0 Å². The van der Waals surface area contributed by atoms with Crippen molar-refractivity contribution in [2.75, 3.05) is 14.2 Å². The Hall–Kier alpha value is -2.48. The summed E-state index contributed by atoms with van der Waals surface area (Å²) in [6.07, 6.45) is 2.53. The first-order chi connectivity index (χ1) is 12.4. The fourth-order valence-corrected chi connectivity index (χ4v) is 2.20. The maximum Gasteiger partial charge on any atom is 0.126 e. The van der Waals surface area contributed by atoms with Gasteiger partial charge in [0.25, 0.3) is 0 Å². The molecule has 0 saturated heterocycles. The zero-order chi connectivity index (χ0) is 19.2. The van der Waals surface area contributed by atoms with Crippen LogP contribution in [-0.2, 0) is 0 Å². The van der Waals surface area contributed by atoms with Gasteiger partial charge in [0, 0.05) is 19.8 Å². The van der Waals surface area contributed by atoms with Crippen molar-refractivity contribution in [3.8, 4) is 11.5 Å². The predicted molar refractivity (Wildman–Crippen MR) is 92.6 cm³/mol. The van der Waals surface area contributed by atoms with E-state index in [0.717, 1.165) is 5.56 Å². The van der Waals surface area contributed by atoms with E-state index in [1.54, 1.807) is 43.5 Å². The zero-order valence-electron chi connectivity index (χ0n) is 16.7. The van der Waals surface area contributed by atoms with Gasteiger partial charge in [0.1, 0.15) is 11.5 Å². The van der Waals surface area contributed by atoms with Crippen molar-refractivity contribution in [3.63, 3.8) is 0 Å². The molecule has 2 aromatic rings. The second-order valence-electron chi connectivity index (χ2n) is 4.63. The smallest absolute Gasteiger partial charge is 0.126 e. The molecule has 0 N–H and O–H groups in total. The number of rotatable bonds is 7. The SMILES string of the molecule is [2H]C([2H])=CC(c1ccccc1OC)C([2H])([2H])/C=C/c1ccccc1OC. The molecule has 22 heavy (non-hydrogen) atoms. The van der Waals surface area contributed by atoms with Gasteiger partial charge in [-0.2, -0.15) is 0 Å². The average molecular weight is 298 g/mol. The first-order valence-electron chi connectivity index (χ1n) is 8.99. The molecule has 0 saturated carbocycles. The molecule has 1 unspecified atom stereocenters. The average Bonchev–Trinajstić information content (AvgIpc) is 2.64. The Bertz CT molecular complexity index is 796. The van der Waals surface area contributed by atoms with E-state index in [0.29, 0.717) is 17.1 Å². The first kappa shape index (κ1) is 11.1. The summed E-state index contributed by atoms with van der Waals surface area (Å²) >= 11 is 0. The standard InChI is InChI=1S/C20H22O2/c1-4-16(18-13-6-8-15-20(18)22-3)11-9-12-17-10-5-7-14-19(17)21-2/h4-10,12-16H,1,11H2,2-3H3/b12-9+/i1D2,11D2. The molecule has 0 spiro atoms. The van der Waals surface area contributed by atoms with Gasteiger partial charge in [0.05, 0.1) is 17.0 Å². The van der Waals surface area contributed by atoms with Crippen molar-refractivity contribution in [2.24, 2.45) is 0 Å². The van der Waals surface area contributed by atoms with Gasteiger partial charge in [-0.15, -0.1) is 6.53 Å². The number of hydrogen-bond acceptors (Lipinski definition) is 2. The lowest BCUT2D eigenvalue weighted by Crippen LogP contribution is -1.97. The van der Waals surface area contributed by atoms with E-state index in [2.05, 4.69) is 0 Å². The van der Waals surface area contributed by atoms with E-state index in [-0.39, 0.29) is 0 Å². The van der Waals surface area contributed by atoms with Crippen LogP contribution in [0.15, 0.2) is 67.2 Å².